The molecule has 0 saturated carbocycles. The van der Waals surface area contributed by atoms with Crippen molar-refractivity contribution in [2.75, 3.05) is 6.67 Å². The number of nitrogens with zero attached hydrogens (tertiary/aromatic N) is 3. The summed E-state index contributed by atoms with van der Waals surface area (Å²) in [6.07, 6.45) is 4.24. The first-order chi connectivity index (χ1) is 11.0. The number of fused-ring (bicyclic) bond motifs is 1. The molecule has 0 aliphatic carbocycles. The molecule has 0 radical (unpaired) electrons. The fraction of sp³-hybridized carbons (Fsp3) is 0.526. The van der Waals surface area contributed by atoms with E-state index < -0.39 is 0 Å². The third-order valence-electron chi connectivity index (χ3n) is 4.02. The number of hydrogen-bond donors (Lipinski definition) is 1. The summed E-state index contributed by atoms with van der Waals surface area (Å²) in [5.74, 6) is 1.17. The van der Waals surface area contributed by atoms with E-state index in [1.165, 1.54) is 23.2 Å². The van der Waals surface area contributed by atoms with Crippen LogP contribution < -0.4 is 10.7 Å². The topological polar surface area (TPSA) is 53.4 Å². The average molecular weight is 312 g/mol. The van der Waals surface area contributed by atoms with Crippen LogP contribution in [0.2, 0.25) is 0 Å². The zero-order valence-electron chi connectivity index (χ0n) is 14.9. The summed E-state index contributed by atoms with van der Waals surface area (Å²) in [6, 6.07) is 6.32. The largest absolute Gasteiger partial charge is 0.282 e. The van der Waals surface area contributed by atoms with Crippen LogP contribution in [0.5, 0.6) is 0 Å². The molecule has 23 heavy (non-hydrogen) atoms. The minimum atomic E-state index is 0.575. The Morgan fingerprint density at radius 2 is 1.78 bits per heavy atom. The third-order valence-corrected chi connectivity index (χ3v) is 4.02. The molecular weight excluding hydrogens is 284 g/mol. The van der Waals surface area contributed by atoms with Crippen molar-refractivity contribution < 1.29 is 0 Å². The van der Waals surface area contributed by atoms with Gasteiger partial charge in [0, 0.05) is 5.69 Å². The maximum atomic E-state index is 4.28. The number of aromatic nitrogens is 2. The maximum absolute atomic E-state index is 4.28. The summed E-state index contributed by atoms with van der Waals surface area (Å²) in [6.45, 7) is 11.6. The smallest absolute Gasteiger partial charge is 0.130 e. The van der Waals surface area contributed by atoms with Gasteiger partial charge in [-0.05, 0) is 41.5 Å². The van der Waals surface area contributed by atoms with Crippen molar-refractivity contribution in [1.29, 1.82) is 0 Å². The lowest BCUT2D eigenvalue weighted by molar-refractivity contribution is 0.807. The zero-order chi connectivity index (χ0) is 16.8. The minimum Gasteiger partial charge on any atom is -0.282 e. The van der Waals surface area contributed by atoms with Crippen molar-refractivity contribution in [2.24, 2.45) is 9.98 Å². The molecule has 1 aliphatic rings. The lowest BCUT2D eigenvalue weighted by Gasteiger charge is -2.03. The van der Waals surface area contributed by atoms with Crippen molar-refractivity contribution in [3.63, 3.8) is 0 Å². The van der Waals surface area contributed by atoms with E-state index in [-0.39, 0.29) is 0 Å². The van der Waals surface area contributed by atoms with Crippen LogP contribution in [0.3, 0.4) is 0 Å². The number of H-pyrrole nitrogens is 1. The third kappa shape index (κ3) is 4.50. The van der Waals surface area contributed by atoms with Gasteiger partial charge < -0.3 is 0 Å². The summed E-state index contributed by atoms with van der Waals surface area (Å²) in [4.78, 5) is 8.51. The monoisotopic (exact) mass is 312 g/mol. The van der Waals surface area contributed by atoms with Gasteiger partial charge in [0.15, 0.2) is 0 Å². The van der Waals surface area contributed by atoms with E-state index in [1.54, 1.807) is 0 Å². The quantitative estimate of drug-likeness (QED) is 0.923. The molecule has 2 aromatic rings. The maximum Gasteiger partial charge on any atom is 0.130 e. The number of nitrogens with one attached hydrogen (secondary N) is 1. The second-order valence-electron chi connectivity index (χ2n) is 6.57. The predicted molar refractivity (Wildman–Crippen MR) is 94.4 cm³/mol. The lowest BCUT2D eigenvalue weighted by Crippen LogP contribution is -2.21. The summed E-state index contributed by atoms with van der Waals surface area (Å²) >= 11 is 0. The van der Waals surface area contributed by atoms with E-state index >= 15 is 0 Å². The summed E-state index contributed by atoms with van der Waals surface area (Å²) < 4.78 is 0. The Labute approximate surface area is 138 Å². The first-order valence-electron chi connectivity index (χ1n) is 8.54. The Balaban J connectivity index is 0.000000168. The molecule has 4 heteroatoms. The van der Waals surface area contributed by atoms with Gasteiger partial charge in [0.2, 0.25) is 0 Å². The number of aromatic amines is 1. The molecule has 1 aromatic heterocycles. The van der Waals surface area contributed by atoms with Crippen LogP contribution in [0.25, 0.3) is 0 Å². The first kappa shape index (κ1) is 17.4. The molecule has 0 spiro atoms. The van der Waals surface area contributed by atoms with Gasteiger partial charge in [0.25, 0.3) is 0 Å². The van der Waals surface area contributed by atoms with E-state index in [0.717, 1.165) is 17.1 Å². The number of hydrogen-bond acceptors (Lipinski definition) is 3. The van der Waals surface area contributed by atoms with Gasteiger partial charge in [-0.2, -0.15) is 5.10 Å². The van der Waals surface area contributed by atoms with Gasteiger partial charge in [-0.1, -0.05) is 47.1 Å². The predicted octanol–water partition coefficient (Wildman–Crippen LogP) is 3.51. The van der Waals surface area contributed by atoms with E-state index in [9.17, 15) is 0 Å². The molecule has 0 unspecified atom stereocenters. The Morgan fingerprint density at radius 3 is 2.43 bits per heavy atom. The van der Waals surface area contributed by atoms with Crippen molar-refractivity contribution in [2.45, 2.75) is 59.3 Å². The Morgan fingerprint density at radius 1 is 1.04 bits per heavy atom. The van der Waals surface area contributed by atoms with E-state index in [4.69, 9.17) is 0 Å². The highest BCUT2D eigenvalue weighted by Gasteiger charge is 2.06. The molecule has 124 valence electrons. The molecule has 4 nitrogen and oxygen atoms in total. The Bertz CT molecular complexity index is 741. The Kier molecular flexibility index (Phi) is 6.08. The van der Waals surface area contributed by atoms with E-state index in [2.05, 4.69) is 73.0 Å². The second-order valence-corrected chi connectivity index (χ2v) is 6.57. The molecule has 0 bridgehead atoms. The minimum absolute atomic E-state index is 0.575. The van der Waals surface area contributed by atoms with E-state index in [0.29, 0.717) is 18.5 Å². The first-order valence-corrected chi connectivity index (χ1v) is 8.54. The normalized spacial score (nSPS) is 12.5. The zero-order valence-corrected chi connectivity index (χ0v) is 14.9. The molecule has 0 saturated heterocycles. The molecule has 1 aromatic carbocycles. The number of aryl methyl sites for hydroxylation is 1. The fourth-order valence-electron chi connectivity index (χ4n) is 2.62. The molecule has 1 aliphatic heterocycles. The molecule has 0 amide bonds. The van der Waals surface area contributed by atoms with Crippen LogP contribution in [0, 0.1) is 0 Å². The van der Waals surface area contributed by atoms with Gasteiger partial charge in [-0.25, -0.2) is 0 Å². The standard InChI is InChI=1S/C10H12N2.C9H16N2/c1-7(2)8-3-4-9-10(5-8)12-6-11-9;1-4-5-9-8(7(2)3)6-10-11-9/h3-5,7H,6H2,1-2H3;6-7H,4-5H2,1-3H3,(H,10,11). The average Bonchev–Trinajstić information content (AvgIpc) is 3.15. The molecule has 0 fully saturated rings. The van der Waals surface area contributed by atoms with Crippen LogP contribution in [-0.2, 0) is 6.42 Å². The van der Waals surface area contributed by atoms with Crippen LogP contribution in [0.1, 0.15) is 69.7 Å². The molecular formula is C19H28N4. The molecule has 2 heterocycles. The van der Waals surface area contributed by atoms with Gasteiger partial charge in [0.05, 0.1) is 16.9 Å². The van der Waals surface area contributed by atoms with Crippen LogP contribution in [0.15, 0.2) is 34.4 Å². The van der Waals surface area contributed by atoms with Crippen molar-refractivity contribution >= 4 is 0 Å². The fourth-order valence-corrected chi connectivity index (χ4v) is 2.62. The molecule has 3 rings (SSSR count). The van der Waals surface area contributed by atoms with Crippen LogP contribution in [0.4, 0.5) is 0 Å². The van der Waals surface area contributed by atoms with Crippen molar-refractivity contribution in [1.82, 2.24) is 10.2 Å². The van der Waals surface area contributed by atoms with Gasteiger partial charge in [-0.15, -0.1) is 0 Å². The highest BCUT2D eigenvalue weighted by Crippen LogP contribution is 2.17. The van der Waals surface area contributed by atoms with Gasteiger partial charge >= 0.3 is 0 Å². The second kappa shape index (κ2) is 8.04. The molecule has 1 N–H and O–H groups in total. The summed E-state index contributed by atoms with van der Waals surface area (Å²) in [7, 11) is 0. The summed E-state index contributed by atoms with van der Waals surface area (Å²) in [5.41, 5.74) is 4.02. The highest BCUT2D eigenvalue weighted by molar-refractivity contribution is 5.20. The van der Waals surface area contributed by atoms with Gasteiger partial charge in [-0.3, -0.25) is 15.1 Å². The number of rotatable bonds is 4. The van der Waals surface area contributed by atoms with Gasteiger partial charge in [0.1, 0.15) is 6.67 Å². The molecule has 0 atom stereocenters. The van der Waals surface area contributed by atoms with Crippen LogP contribution in [-0.4, -0.2) is 16.9 Å². The van der Waals surface area contributed by atoms with Crippen molar-refractivity contribution in [3.8, 4) is 0 Å². The SMILES string of the molecule is CC(C)c1ccc2c(c1)=NCN=2.CCCc1[nH]ncc1C(C)C. The highest BCUT2D eigenvalue weighted by atomic mass is 15.1. The van der Waals surface area contributed by atoms with Crippen LogP contribution >= 0.6 is 0 Å². The van der Waals surface area contributed by atoms with E-state index in [1.807, 2.05) is 6.20 Å². The number of benzene rings is 1. The summed E-state index contributed by atoms with van der Waals surface area (Å²) in [5, 5.41) is 9.17. The lowest BCUT2D eigenvalue weighted by atomic mass is 10.0. The van der Waals surface area contributed by atoms with Crippen molar-refractivity contribution in [3.05, 3.63) is 51.9 Å². The Hall–Kier alpha value is -1.97.